The summed E-state index contributed by atoms with van der Waals surface area (Å²) in [5, 5.41) is 4.20. The molecule has 1 unspecified atom stereocenters. The Morgan fingerprint density at radius 2 is 1.84 bits per heavy atom. The van der Waals surface area contributed by atoms with Gasteiger partial charge in [0.2, 0.25) is 0 Å². The number of aryl methyl sites for hydroxylation is 2. The summed E-state index contributed by atoms with van der Waals surface area (Å²) in [4.78, 5) is 0. The normalized spacial score (nSPS) is 12.4. The molecule has 0 saturated carbocycles. The van der Waals surface area contributed by atoms with Crippen molar-refractivity contribution in [2.75, 3.05) is 7.05 Å². The van der Waals surface area contributed by atoms with Crippen LogP contribution in [0.4, 0.5) is 0 Å². The van der Waals surface area contributed by atoms with Crippen molar-refractivity contribution in [2.24, 2.45) is 0 Å². The number of rotatable bonds is 5. The lowest BCUT2D eigenvalue weighted by Gasteiger charge is -2.19. The summed E-state index contributed by atoms with van der Waals surface area (Å²) in [6.45, 7) is 2.14. The van der Waals surface area contributed by atoms with Gasteiger partial charge in [-0.3, -0.25) is 0 Å². The van der Waals surface area contributed by atoms with Crippen LogP contribution in [0, 0.1) is 6.92 Å². The quantitative estimate of drug-likeness (QED) is 0.843. The van der Waals surface area contributed by atoms with E-state index in [-0.39, 0.29) is 0 Å². The lowest BCUT2D eigenvalue weighted by atomic mass is 9.96. The second-order valence-electron chi connectivity index (χ2n) is 4.87. The van der Waals surface area contributed by atoms with Gasteiger partial charge in [0.1, 0.15) is 0 Å². The second-order valence-corrected chi connectivity index (χ2v) is 5.30. The van der Waals surface area contributed by atoms with Gasteiger partial charge in [0.05, 0.1) is 0 Å². The predicted molar refractivity (Wildman–Crippen MR) is 82.8 cm³/mol. The molecule has 2 heteroatoms. The molecule has 0 heterocycles. The average Bonchev–Trinajstić information content (AvgIpc) is 2.44. The summed E-state index contributed by atoms with van der Waals surface area (Å²) >= 11 is 6.11. The first-order chi connectivity index (χ1) is 9.20. The van der Waals surface area contributed by atoms with Crippen LogP contribution in [0.5, 0.6) is 0 Å². The fraction of sp³-hybridized carbons (Fsp3) is 0.294. The lowest BCUT2D eigenvalue weighted by molar-refractivity contribution is 0.547. The Balaban J connectivity index is 2.10. The first-order valence-corrected chi connectivity index (χ1v) is 7.05. The minimum Gasteiger partial charge on any atom is -0.313 e. The van der Waals surface area contributed by atoms with Crippen molar-refractivity contribution in [1.29, 1.82) is 0 Å². The molecule has 0 fully saturated rings. The van der Waals surface area contributed by atoms with Crippen LogP contribution < -0.4 is 5.32 Å². The first-order valence-electron chi connectivity index (χ1n) is 6.68. The fourth-order valence-corrected chi connectivity index (χ4v) is 2.58. The molecule has 0 spiro atoms. The summed E-state index contributed by atoms with van der Waals surface area (Å²) in [7, 11) is 2.01. The molecule has 0 amide bonds. The highest BCUT2D eigenvalue weighted by molar-refractivity contribution is 6.30. The molecule has 0 aliphatic heterocycles. The van der Waals surface area contributed by atoms with Crippen LogP contribution in [0.2, 0.25) is 5.02 Å². The smallest absolute Gasteiger partial charge is 0.0409 e. The zero-order chi connectivity index (χ0) is 13.7. The summed E-state index contributed by atoms with van der Waals surface area (Å²) < 4.78 is 0. The standard InChI is InChI=1S/C17H20ClN/c1-13-8-10-15(18)12-16(13)17(19-2)11-9-14-6-4-3-5-7-14/h3-8,10,12,17,19H,9,11H2,1-2H3. The summed E-state index contributed by atoms with van der Waals surface area (Å²) in [6, 6.07) is 17.1. The zero-order valence-corrected chi connectivity index (χ0v) is 12.2. The molecule has 0 radical (unpaired) electrons. The monoisotopic (exact) mass is 273 g/mol. The lowest BCUT2D eigenvalue weighted by Crippen LogP contribution is -2.18. The van der Waals surface area contributed by atoms with E-state index in [0.717, 1.165) is 17.9 Å². The van der Waals surface area contributed by atoms with Gasteiger partial charge in [-0.25, -0.2) is 0 Å². The third kappa shape index (κ3) is 3.82. The summed E-state index contributed by atoms with van der Waals surface area (Å²) in [6.07, 6.45) is 2.14. The van der Waals surface area contributed by atoms with Crippen LogP contribution in [0.3, 0.4) is 0 Å². The van der Waals surface area contributed by atoms with E-state index in [1.165, 1.54) is 16.7 Å². The first kappa shape index (κ1) is 14.1. The molecule has 2 rings (SSSR count). The Bertz CT molecular complexity index is 522. The molecule has 1 atom stereocenters. The molecule has 2 aromatic carbocycles. The maximum atomic E-state index is 6.11. The summed E-state index contributed by atoms with van der Waals surface area (Å²) in [5.74, 6) is 0. The Kier molecular flexibility index (Phi) is 5.00. The maximum absolute atomic E-state index is 6.11. The van der Waals surface area contributed by atoms with Gasteiger partial charge < -0.3 is 5.32 Å². The third-order valence-corrected chi connectivity index (χ3v) is 3.76. The number of benzene rings is 2. The number of nitrogens with one attached hydrogen (secondary N) is 1. The highest BCUT2D eigenvalue weighted by atomic mass is 35.5. The van der Waals surface area contributed by atoms with E-state index in [9.17, 15) is 0 Å². The molecule has 0 aliphatic carbocycles. The van der Waals surface area contributed by atoms with Crippen LogP contribution in [-0.4, -0.2) is 7.05 Å². The zero-order valence-electron chi connectivity index (χ0n) is 11.5. The molecule has 2 aromatic rings. The van der Waals surface area contributed by atoms with Gasteiger partial charge in [-0.2, -0.15) is 0 Å². The van der Waals surface area contributed by atoms with E-state index in [2.05, 4.69) is 54.7 Å². The number of hydrogen-bond acceptors (Lipinski definition) is 1. The number of halogens is 1. The van der Waals surface area contributed by atoms with Gasteiger partial charge in [-0.15, -0.1) is 0 Å². The van der Waals surface area contributed by atoms with Gasteiger partial charge >= 0.3 is 0 Å². The minimum atomic E-state index is 0.346. The molecule has 0 saturated heterocycles. The van der Waals surface area contributed by atoms with E-state index in [0.29, 0.717) is 6.04 Å². The molecular weight excluding hydrogens is 254 g/mol. The molecule has 1 nitrogen and oxygen atoms in total. The Morgan fingerprint density at radius 3 is 2.53 bits per heavy atom. The molecule has 0 aromatic heterocycles. The highest BCUT2D eigenvalue weighted by Crippen LogP contribution is 2.25. The van der Waals surface area contributed by atoms with E-state index in [1.807, 2.05) is 13.1 Å². The molecule has 100 valence electrons. The molecule has 1 N–H and O–H groups in total. The SMILES string of the molecule is CNC(CCc1ccccc1)c1cc(Cl)ccc1C. The van der Waals surface area contributed by atoms with E-state index >= 15 is 0 Å². The average molecular weight is 274 g/mol. The van der Waals surface area contributed by atoms with Crippen molar-refractivity contribution in [3.63, 3.8) is 0 Å². The third-order valence-electron chi connectivity index (χ3n) is 3.53. The predicted octanol–water partition coefficient (Wildman–Crippen LogP) is 4.54. The molecule has 19 heavy (non-hydrogen) atoms. The van der Waals surface area contributed by atoms with Crippen LogP contribution in [0.1, 0.15) is 29.2 Å². The van der Waals surface area contributed by atoms with Gasteiger partial charge in [-0.05, 0) is 55.6 Å². The molecular formula is C17H20ClN. The van der Waals surface area contributed by atoms with E-state index in [1.54, 1.807) is 0 Å². The topological polar surface area (TPSA) is 12.0 Å². The van der Waals surface area contributed by atoms with Crippen molar-refractivity contribution in [2.45, 2.75) is 25.8 Å². The van der Waals surface area contributed by atoms with Crippen LogP contribution in [0.25, 0.3) is 0 Å². The van der Waals surface area contributed by atoms with Crippen molar-refractivity contribution >= 4 is 11.6 Å². The molecule has 0 aliphatic rings. The van der Waals surface area contributed by atoms with Gasteiger partial charge in [0.15, 0.2) is 0 Å². The Morgan fingerprint density at radius 1 is 1.11 bits per heavy atom. The van der Waals surface area contributed by atoms with Crippen LogP contribution in [-0.2, 0) is 6.42 Å². The Hall–Kier alpha value is -1.31. The second kappa shape index (κ2) is 6.74. The highest BCUT2D eigenvalue weighted by Gasteiger charge is 2.12. The Labute approximate surface area is 120 Å². The van der Waals surface area contributed by atoms with Crippen LogP contribution >= 0.6 is 11.6 Å². The summed E-state index contributed by atoms with van der Waals surface area (Å²) in [5.41, 5.74) is 3.96. The van der Waals surface area contributed by atoms with Gasteiger partial charge in [-0.1, -0.05) is 48.0 Å². The van der Waals surface area contributed by atoms with E-state index in [4.69, 9.17) is 11.6 Å². The number of hydrogen-bond donors (Lipinski definition) is 1. The fourth-order valence-electron chi connectivity index (χ4n) is 2.40. The van der Waals surface area contributed by atoms with Crippen molar-refractivity contribution in [3.05, 3.63) is 70.2 Å². The molecule has 0 bridgehead atoms. The van der Waals surface area contributed by atoms with Crippen molar-refractivity contribution in [1.82, 2.24) is 5.32 Å². The minimum absolute atomic E-state index is 0.346. The van der Waals surface area contributed by atoms with Gasteiger partial charge in [0, 0.05) is 11.1 Å². The van der Waals surface area contributed by atoms with Crippen molar-refractivity contribution in [3.8, 4) is 0 Å². The van der Waals surface area contributed by atoms with Gasteiger partial charge in [0.25, 0.3) is 0 Å². The van der Waals surface area contributed by atoms with Crippen molar-refractivity contribution < 1.29 is 0 Å². The van der Waals surface area contributed by atoms with E-state index < -0.39 is 0 Å². The van der Waals surface area contributed by atoms with Crippen LogP contribution in [0.15, 0.2) is 48.5 Å². The largest absolute Gasteiger partial charge is 0.313 e. The maximum Gasteiger partial charge on any atom is 0.0409 e.